The van der Waals surface area contributed by atoms with Gasteiger partial charge in [0.25, 0.3) is 5.56 Å². The first-order valence-corrected chi connectivity index (χ1v) is 8.92. The van der Waals surface area contributed by atoms with E-state index in [1.807, 2.05) is 37.3 Å². The van der Waals surface area contributed by atoms with E-state index >= 15 is 0 Å². The normalized spacial score (nSPS) is 11.3. The van der Waals surface area contributed by atoms with Crippen molar-refractivity contribution in [3.05, 3.63) is 53.1 Å². The van der Waals surface area contributed by atoms with Gasteiger partial charge in [0.1, 0.15) is 5.52 Å². The van der Waals surface area contributed by atoms with Crippen LogP contribution in [0.1, 0.15) is 13.3 Å². The number of aromatic nitrogens is 5. The first-order valence-electron chi connectivity index (χ1n) is 8.92. The first-order chi connectivity index (χ1) is 13.3. The van der Waals surface area contributed by atoms with E-state index in [4.69, 9.17) is 4.74 Å². The number of benzene rings is 1. The fourth-order valence-corrected chi connectivity index (χ4v) is 3.01. The molecule has 0 aliphatic rings. The van der Waals surface area contributed by atoms with Crippen LogP contribution in [0, 0.1) is 0 Å². The van der Waals surface area contributed by atoms with E-state index in [9.17, 15) is 4.79 Å². The summed E-state index contributed by atoms with van der Waals surface area (Å²) in [6.45, 7) is 4.04. The van der Waals surface area contributed by atoms with Crippen molar-refractivity contribution in [1.29, 1.82) is 0 Å². The molecule has 0 atom stereocenters. The minimum Gasteiger partial charge on any atom is -0.382 e. The number of ether oxygens (including phenoxy) is 1. The Bertz CT molecular complexity index is 1120. The predicted octanol–water partition coefficient (Wildman–Crippen LogP) is 2.50. The largest absolute Gasteiger partial charge is 0.382 e. The van der Waals surface area contributed by atoms with Gasteiger partial charge in [0, 0.05) is 32.2 Å². The Morgan fingerprint density at radius 1 is 1.22 bits per heavy atom. The SMILES string of the molecule is CCOCCCNc1ncc2c3n[nH]cc3c(=O)n(-c3ccccc3)c2n1. The lowest BCUT2D eigenvalue weighted by molar-refractivity contribution is 0.147. The molecule has 0 saturated carbocycles. The summed E-state index contributed by atoms with van der Waals surface area (Å²) in [7, 11) is 0. The lowest BCUT2D eigenvalue weighted by atomic mass is 10.2. The summed E-state index contributed by atoms with van der Waals surface area (Å²) < 4.78 is 6.93. The third-order valence-corrected chi connectivity index (χ3v) is 4.28. The van der Waals surface area contributed by atoms with Crippen LogP contribution in [0.25, 0.3) is 27.6 Å². The number of rotatable bonds is 7. The van der Waals surface area contributed by atoms with Crippen molar-refractivity contribution >= 4 is 27.9 Å². The maximum Gasteiger partial charge on any atom is 0.267 e. The summed E-state index contributed by atoms with van der Waals surface area (Å²) in [5.41, 5.74) is 1.67. The number of para-hydroxylation sites is 1. The van der Waals surface area contributed by atoms with Crippen LogP contribution in [0.5, 0.6) is 0 Å². The van der Waals surface area contributed by atoms with Gasteiger partial charge in [-0.15, -0.1) is 0 Å². The summed E-state index contributed by atoms with van der Waals surface area (Å²) in [5.74, 6) is 0.470. The molecule has 0 saturated heterocycles. The zero-order valence-corrected chi connectivity index (χ0v) is 15.0. The summed E-state index contributed by atoms with van der Waals surface area (Å²) >= 11 is 0. The lowest BCUT2D eigenvalue weighted by Crippen LogP contribution is -2.20. The minimum atomic E-state index is -0.168. The maximum atomic E-state index is 13.1. The average Bonchev–Trinajstić information content (AvgIpc) is 3.19. The Labute approximate surface area is 155 Å². The molecule has 3 heterocycles. The molecule has 0 radical (unpaired) electrons. The summed E-state index contributed by atoms with van der Waals surface area (Å²) in [6, 6.07) is 9.45. The Balaban J connectivity index is 1.81. The molecule has 1 aromatic carbocycles. The Kier molecular flexibility index (Phi) is 4.80. The van der Waals surface area contributed by atoms with Gasteiger partial charge in [0.2, 0.25) is 5.95 Å². The molecule has 0 unspecified atom stereocenters. The van der Waals surface area contributed by atoms with Gasteiger partial charge in [-0.3, -0.25) is 14.5 Å². The van der Waals surface area contributed by atoms with Gasteiger partial charge in [-0.05, 0) is 25.5 Å². The maximum absolute atomic E-state index is 13.1. The topological polar surface area (TPSA) is 97.7 Å². The zero-order valence-electron chi connectivity index (χ0n) is 15.0. The van der Waals surface area contributed by atoms with Gasteiger partial charge in [0.15, 0.2) is 5.65 Å². The summed E-state index contributed by atoms with van der Waals surface area (Å²) in [5, 5.41) is 11.4. The molecule has 0 aliphatic heterocycles. The van der Waals surface area contributed by atoms with E-state index in [0.29, 0.717) is 42.3 Å². The van der Waals surface area contributed by atoms with E-state index in [2.05, 4.69) is 25.5 Å². The van der Waals surface area contributed by atoms with Crippen molar-refractivity contribution in [2.45, 2.75) is 13.3 Å². The second kappa shape index (κ2) is 7.55. The number of nitrogens with one attached hydrogen (secondary N) is 2. The van der Waals surface area contributed by atoms with Gasteiger partial charge in [-0.2, -0.15) is 10.1 Å². The molecular weight excluding hydrogens is 344 g/mol. The highest BCUT2D eigenvalue weighted by molar-refractivity contribution is 6.02. The van der Waals surface area contributed by atoms with Crippen LogP contribution in [0.15, 0.2) is 47.5 Å². The summed E-state index contributed by atoms with van der Waals surface area (Å²) in [6.07, 6.45) is 4.16. The van der Waals surface area contributed by atoms with E-state index < -0.39 is 0 Å². The Morgan fingerprint density at radius 2 is 2.07 bits per heavy atom. The van der Waals surface area contributed by atoms with Gasteiger partial charge >= 0.3 is 0 Å². The van der Waals surface area contributed by atoms with Crippen molar-refractivity contribution in [2.75, 3.05) is 25.1 Å². The molecule has 0 amide bonds. The number of H-pyrrole nitrogens is 1. The smallest absolute Gasteiger partial charge is 0.267 e. The average molecular weight is 364 g/mol. The number of hydrogen-bond acceptors (Lipinski definition) is 6. The standard InChI is InChI=1S/C19H20N6O2/c1-2-27-10-6-9-20-19-21-11-14-16-15(12-22-24-16)18(26)25(17(14)23-19)13-7-4-3-5-8-13/h3-5,7-8,11-12H,2,6,9-10H2,1H3,(H,22,24)(H,20,21,23). The lowest BCUT2D eigenvalue weighted by Gasteiger charge is -2.11. The van der Waals surface area contributed by atoms with Crippen molar-refractivity contribution in [3.63, 3.8) is 0 Å². The molecule has 27 heavy (non-hydrogen) atoms. The number of anilines is 1. The molecule has 0 aliphatic carbocycles. The van der Waals surface area contributed by atoms with E-state index in [0.717, 1.165) is 17.5 Å². The van der Waals surface area contributed by atoms with Gasteiger partial charge in [-0.25, -0.2) is 4.98 Å². The fourth-order valence-electron chi connectivity index (χ4n) is 3.01. The molecule has 4 rings (SSSR count). The molecule has 138 valence electrons. The molecule has 2 N–H and O–H groups in total. The van der Waals surface area contributed by atoms with Crippen LogP contribution in [0.3, 0.4) is 0 Å². The second-order valence-corrected chi connectivity index (χ2v) is 6.03. The number of aromatic amines is 1. The van der Waals surface area contributed by atoms with Crippen LogP contribution in [-0.4, -0.2) is 44.5 Å². The van der Waals surface area contributed by atoms with Crippen molar-refractivity contribution in [3.8, 4) is 5.69 Å². The molecule has 0 spiro atoms. The first kappa shape index (κ1) is 17.2. The monoisotopic (exact) mass is 364 g/mol. The number of nitrogens with zero attached hydrogens (tertiary/aromatic N) is 4. The van der Waals surface area contributed by atoms with Crippen LogP contribution in [0.4, 0.5) is 5.95 Å². The van der Waals surface area contributed by atoms with Crippen LogP contribution >= 0.6 is 0 Å². The van der Waals surface area contributed by atoms with Crippen LogP contribution in [0.2, 0.25) is 0 Å². The Morgan fingerprint density at radius 3 is 2.89 bits per heavy atom. The fraction of sp³-hybridized carbons (Fsp3) is 0.263. The predicted molar refractivity (Wildman–Crippen MR) is 104 cm³/mol. The van der Waals surface area contributed by atoms with Gasteiger partial charge in [0.05, 0.1) is 16.5 Å². The van der Waals surface area contributed by atoms with Crippen LogP contribution in [-0.2, 0) is 4.74 Å². The molecule has 4 aromatic rings. The molecule has 3 aromatic heterocycles. The number of pyridine rings is 1. The zero-order chi connectivity index (χ0) is 18.6. The van der Waals surface area contributed by atoms with E-state index in [-0.39, 0.29) is 5.56 Å². The molecule has 0 bridgehead atoms. The van der Waals surface area contributed by atoms with Crippen molar-refractivity contribution in [1.82, 2.24) is 24.7 Å². The second-order valence-electron chi connectivity index (χ2n) is 6.03. The molecule has 0 fully saturated rings. The van der Waals surface area contributed by atoms with Gasteiger partial charge < -0.3 is 10.1 Å². The van der Waals surface area contributed by atoms with E-state index in [1.165, 1.54) is 0 Å². The summed E-state index contributed by atoms with van der Waals surface area (Å²) in [4.78, 5) is 22.0. The quantitative estimate of drug-likeness (QED) is 0.489. The van der Waals surface area contributed by atoms with Crippen molar-refractivity contribution in [2.24, 2.45) is 0 Å². The number of fused-ring (bicyclic) bond motifs is 3. The minimum absolute atomic E-state index is 0.168. The molecular formula is C19H20N6O2. The van der Waals surface area contributed by atoms with E-state index in [1.54, 1.807) is 17.0 Å². The van der Waals surface area contributed by atoms with Crippen molar-refractivity contribution < 1.29 is 4.74 Å². The number of hydrogen-bond donors (Lipinski definition) is 2. The van der Waals surface area contributed by atoms with Gasteiger partial charge in [-0.1, -0.05) is 18.2 Å². The molecule has 8 heteroatoms. The highest BCUT2D eigenvalue weighted by Crippen LogP contribution is 2.22. The Hall–Kier alpha value is -3.26. The van der Waals surface area contributed by atoms with Crippen LogP contribution < -0.4 is 10.9 Å². The third-order valence-electron chi connectivity index (χ3n) is 4.28. The molecule has 8 nitrogen and oxygen atoms in total. The highest BCUT2D eigenvalue weighted by Gasteiger charge is 2.16. The highest BCUT2D eigenvalue weighted by atomic mass is 16.5. The third kappa shape index (κ3) is 3.26.